The van der Waals surface area contributed by atoms with Crippen LogP contribution in [0.1, 0.15) is 27.2 Å². The summed E-state index contributed by atoms with van der Waals surface area (Å²) in [5.74, 6) is -1.60. The molecular formula is C11H17NO4S. The molecule has 0 saturated carbocycles. The minimum absolute atomic E-state index is 0.279. The van der Waals surface area contributed by atoms with Crippen molar-refractivity contribution in [3.63, 3.8) is 0 Å². The molecule has 1 amide bonds. The van der Waals surface area contributed by atoms with Crippen LogP contribution in [-0.4, -0.2) is 45.3 Å². The first-order valence-electron chi connectivity index (χ1n) is 5.47. The van der Waals surface area contributed by atoms with E-state index in [0.29, 0.717) is 12.2 Å². The largest absolute Gasteiger partial charge is 0.480 e. The third-order valence-corrected chi connectivity index (χ3v) is 4.13. The van der Waals surface area contributed by atoms with Gasteiger partial charge in [0.1, 0.15) is 6.04 Å². The predicted octanol–water partition coefficient (Wildman–Crippen LogP) is 0.978. The molecule has 0 radical (unpaired) electrons. The number of Topliss-reactive ketones (excluding diaryl/α,β-unsaturated/α-hetero) is 1. The first-order valence-corrected chi connectivity index (χ1v) is 6.62. The minimum atomic E-state index is -1.05. The third-order valence-electron chi connectivity index (χ3n) is 3.12. The van der Waals surface area contributed by atoms with Crippen LogP contribution in [-0.2, 0) is 14.4 Å². The van der Waals surface area contributed by atoms with E-state index in [0.717, 1.165) is 4.90 Å². The van der Waals surface area contributed by atoms with Gasteiger partial charge in [-0.25, -0.2) is 4.79 Å². The molecule has 0 bridgehead atoms. The normalized spacial score (nSPS) is 20.4. The van der Waals surface area contributed by atoms with Crippen LogP contribution in [0.5, 0.6) is 0 Å². The van der Waals surface area contributed by atoms with Gasteiger partial charge in [0.2, 0.25) is 5.78 Å². The number of hydrogen-bond acceptors (Lipinski definition) is 4. The molecule has 0 unspecified atom stereocenters. The molecule has 5 nitrogen and oxygen atoms in total. The van der Waals surface area contributed by atoms with Crippen molar-refractivity contribution in [3.05, 3.63) is 0 Å². The highest BCUT2D eigenvalue weighted by Gasteiger charge is 2.41. The van der Waals surface area contributed by atoms with Crippen LogP contribution < -0.4 is 0 Å². The van der Waals surface area contributed by atoms with Gasteiger partial charge in [-0.3, -0.25) is 9.59 Å². The van der Waals surface area contributed by atoms with E-state index >= 15 is 0 Å². The average Bonchev–Trinajstić information content (AvgIpc) is 2.75. The van der Waals surface area contributed by atoms with Crippen molar-refractivity contribution in [1.82, 2.24) is 4.90 Å². The topological polar surface area (TPSA) is 74.7 Å². The van der Waals surface area contributed by atoms with Gasteiger partial charge in [-0.05, 0) is 6.42 Å². The molecule has 0 spiro atoms. The van der Waals surface area contributed by atoms with E-state index < -0.39 is 29.1 Å². The molecule has 1 heterocycles. The molecule has 17 heavy (non-hydrogen) atoms. The van der Waals surface area contributed by atoms with Crippen molar-refractivity contribution in [1.29, 1.82) is 0 Å². The number of carboxylic acids is 1. The van der Waals surface area contributed by atoms with Gasteiger partial charge in [0.25, 0.3) is 5.91 Å². The minimum Gasteiger partial charge on any atom is -0.480 e. The third kappa shape index (κ3) is 2.80. The lowest BCUT2D eigenvalue weighted by Gasteiger charge is -2.25. The van der Waals surface area contributed by atoms with Gasteiger partial charge >= 0.3 is 5.97 Å². The van der Waals surface area contributed by atoms with E-state index in [9.17, 15) is 14.4 Å². The molecule has 1 aliphatic rings. The highest BCUT2D eigenvalue weighted by molar-refractivity contribution is 7.99. The second kappa shape index (κ2) is 5.08. The van der Waals surface area contributed by atoms with Gasteiger partial charge in [-0.1, -0.05) is 20.8 Å². The van der Waals surface area contributed by atoms with Crippen LogP contribution in [0.2, 0.25) is 0 Å². The maximum absolute atomic E-state index is 12.0. The lowest BCUT2D eigenvalue weighted by molar-refractivity contribution is -0.154. The van der Waals surface area contributed by atoms with E-state index in [1.165, 1.54) is 11.8 Å². The lowest BCUT2D eigenvalue weighted by atomic mass is 9.84. The van der Waals surface area contributed by atoms with Crippen molar-refractivity contribution in [2.45, 2.75) is 33.2 Å². The summed E-state index contributed by atoms with van der Waals surface area (Å²) >= 11 is 1.35. The van der Waals surface area contributed by atoms with E-state index in [1.54, 1.807) is 13.8 Å². The summed E-state index contributed by atoms with van der Waals surface area (Å²) in [5, 5.41) is 8.96. The van der Waals surface area contributed by atoms with Gasteiger partial charge < -0.3 is 10.0 Å². The number of thioether (sulfide) groups is 1. The highest BCUT2D eigenvalue weighted by Crippen LogP contribution is 2.26. The number of carbonyl (C=O) groups is 3. The Morgan fingerprint density at radius 1 is 1.41 bits per heavy atom. The summed E-state index contributed by atoms with van der Waals surface area (Å²) in [7, 11) is 0. The number of hydrogen-bond donors (Lipinski definition) is 1. The van der Waals surface area contributed by atoms with Crippen LogP contribution in [0.15, 0.2) is 0 Å². The number of rotatable bonds is 4. The van der Waals surface area contributed by atoms with Gasteiger partial charge in [-0.15, -0.1) is 11.8 Å². The number of ketones is 1. The molecule has 1 fully saturated rings. The summed E-state index contributed by atoms with van der Waals surface area (Å²) in [6.45, 7) is 5.23. The molecule has 1 rings (SSSR count). The fraction of sp³-hybridized carbons (Fsp3) is 0.727. The van der Waals surface area contributed by atoms with Gasteiger partial charge in [0.05, 0.1) is 5.88 Å². The zero-order valence-electron chi connectivity index (χ0n) is 10.2. The van der Waals surface area contributed by atoms with E-state index in [-0.39, 0.29) is 5.88 Å². The number of carboxylic acid groups (broad SMARTS) is 1. The number of amides is 1. The number of nitrogens with zero attached hydrogens (tertiary/aromatic N) is 1. The fourth-order valence-corrected chi connectivity index (χ4v) is 2.57. The van der Waals surface area contributed by atoms with Crippen LogP contribution >= 0.6 is 11.8 Å². The molecular weight excluding hydrogens is 242 g/mol. The van der Waals surface area contributed by atoms with Crippen molar-refractivity contribution in [2.24, 2.45) is 5.41 Å². The Morgan fingerprint density at radius 2 is 2.00 bits per heavy atom. The molecule has 0 aliphatic carbocycles. The van der Waals surface area contributed by atoms with E-state index in [4.69, 9.17) is 5.11 Å². The molecule has 0 aromatic heterocycles. The lowest BCUT2D eigenvalue weighted by Crippen LogP contribution is -2.48. The Bertz CT molecular complexity index is 353. The van der Waals surface area contributed by atoms with Crippen LogP contribution in [0, 0.1) is 5.41 Å². The van der Waals surface area contributed by atoms with Gasteiger partial charge in [0.15, 0.2) is 0 Å². The van der Waals surface area contributed by atoms with Crippen molar-refractivity contribution >= 4 is 29.4 Å². The summed E-state index contributed by atoms with van der Waals surface area (Å²) in [6.07, 6.45) is 0.552. The first kappa shape index (κ1) is 14.0. The molecule has 1 saturated heterocycles. The molecule has 0 aromatic rings. The zero-order chi connectivity index (χ0) is 13.2. The SMILES string of the molecule is CCC(C)(C)C(=O)C(=O)N1CSC[C@H]1C(=O)O. The summed E-state index contributed by atoms with van der Waals surface area (Å²) in [6, 6.07) is -0.871. The van der Waals surface area contributed by atoms with Crippen molar-refractivity contribution < 1.29 is 19.5 Å². The molecule has 0 aromatic carbocycles. The van der Waals surface area contributed by atoms with Crippen LogP contribution in [0.3, 0.4) is 0 Å². The molecule has 1 aliphatic heterocycles. The second-order valence-electron chi connectivity index (χ2n) is 4.70. The summed E-state index contributed by atoms with van der Waals surface area (Å²) < 4.78 is 0. The zero-order valence-corrected chi connectivity index (χ0v) is 11.0. The van der Waals surface area contributed by atoms with E-state index in [1.807, 2.05) is 6.92 Å². The summed E-state index contributed by atoms with van der Waals surface area (Å²) in [4.78, 5) is 36.0. The Hall–Kier alpha value is -1.04. The highest BCUT2D eigenvalue weighted by atomic mass is 32.2. The standard InChI is InChI=1S/C11H17NO4S/c1-4-11(2,3)8(13)9(14)12-6-17-5-7(12)10(15)16/h7H,4-6H2,1-3H3,(H,15,16)/t7-/m0/s1. The van der Waals surface area contributed by atoms with Crippen LogP contribution in [0.25, 0.3) is 0 Å². The molecule has 1 atom stereocenters. The average molecular weight is 259 g/mol. The Labute approximate surface area is 105 Å². The molecule has 96 valence electrons. The van der Waals surface area contributed by atoms with Gasteiger partial charge in [-0.2, -0.15) is 0 Å². The number of aliphatic carboxylic acids is 1. The second-order valence-corrected chi connectivity index (χ2v) is 5.70. The Balaban J connectivity index is 2.83. The Morgan fingerprint density at radius 3 is 2.47 bits per heavy atom. The quantitative estimate of drug-likeness (QED) is 0.762. The molecule has 6 heteroatoms. The maximum Gasteiger partial charge on any atom is 0.327 e. The van der Waals surface area contributed by atoms with Crippen molar-refractivity contribution in [3.8, 4) is 0 Å². The smallest absolute Gasteiger partial charge is 0.327 e. The monoisotopic (exact) mass is 259 g/mol. The van der Waals surface area contributed by atoms with Gasteiger partial charge in [0, 0.05) is 11.2 Å². The summed E-state index contributed by atoms with van der Waals surface area (Å²) in [5.41, 5.74) is -0.729. The molecule has 1 N–H and O–H groups in total. The first-order chi connectivity index (χ1) is 7.81. The van der Waals surface area contributed by atoms with Crippen molar-refractivity contribution in [2.75, 3.05) is 11.6 Å². The fourth-order valence-electron chi connectivity index (χ4n) is 1.43. The van der Waals surface area contributed by atoms with Crippen LogP contribution in [0.4, 0.5) is 0 Å². The Kier molecular flexibility index (Phi) is 4.19. The maximum atomic E-state index is 12.0. The predicted molar refractivity (Wildman–Crippen MR) is 64.7 cm³/mol. The number of carbonyl (C=O) groups excluding carboxylic acids is 2. The van der Waals surface area contributed by atoms with E-state index in [2.05, 4.69) is 0 Å².